The Balaban J connectivity index is 1.47. The van der Waals surface area contributed by atoms with Gasteiger partial charge in [-0.2, -0.15) is 4.98 Å². The summed E-state index contributed by atoms with van der Waals surface area (Å²) in [5.41, 5.74) is 1.32. The van der Waals surface area contributed by atoms with Crippen molar-refractivity contribution in [3.63, 3.8) is 0 Å². The largest absolute Gasteiger partial charge is 0.372 e. The van der Waals surface area contributed by atoms with E-state index in [4.69, 9.17) is 0 Å². The summed E-state index contributed by atoms with van der Waals surface area (Å²) in [4.78, 5) is 20.5. The van der Waals surface area contributed by atoms with E-state index in [-0.39, 0.29) is 24.7 Å². The highest BCUT2D eigenvalue weighted by Gasteiger charge is 2.28. The van der Waals surface area contributed by atoms with Crippen molar-refractivity contribution in [2.75, 3.05) is 30.8 Å². The summed E-state index contributed by atoms with van der Waals surface area (Å²) in [6, 6.07) is 5.46. The summed E-state index contributed by atoms with van der Waals surface area (Å²) < 4.78 is 26.1. The molecule has 0 radical (unpaired) electrons. The van der Waals surface area contributed by atoms with Crippen LogP contribution in [-0.2, 0) is 4.79 Å². The van der Waals surface area contributed by atoms with E-state index in [1.807, 2.05) is 0 Å². The Kier molecular flexibility index (Phi) is 7.51. The smallest absolute Gasteiger partial charge is 0.237 e. The molecule has 0 aliphatic carbocycles. The van der Waals surface area contributed by atoms with Crippen LogP contribution in [0.4, 0.5) is 26.2 Å². The summed E-state index contributed by atoms with van der Waals surface area (Å²) in [7, 11) is 1.74. The van der Waals surface area contributed by atoms with Crippen LogP contribution in [0.3, 0.4) is 0 Å². The number of rotatable bonds is 7. The first-order valence-electron chi connectivity index (χ1n) is 9.76. The quantitative estimate of drug-likeness (QED) is 0.411. The van der Waals surface area contributed by atoms with Gasteiger partial charge in [0.1, 0.15) is 17.8 Å². The van der Waals surface area contributed by atoms with Crippen LogP contribution >= 0.6 is 0 Å². The molecule has 0 spiro atoms. The van der Waals surface area contributed by atoms with Gasteiger partial charge in [-0.25, -0.2) is 13.8 Å². The van der Waals surface area contributed by atoms with Gasteiger partial charge < -0.3 is 21.3 Å². The molecule has 1 saturated heterocycles. The predicted octanol–water partition coefficient (Wildman–Crippen LogP) is 2.35. The molecule has 2 aromatic rings. The molecule has 0 saturated carbocycles. The minimum absolute atomic E-state index is 0.168. The first-order chi connectivity index (χ1) is 14.5. The van der Waals surface area contributed by atoms with Crippen molar-refractivity contribution in [1.29, 1.82) is 0 Å². The second kappa shape index (κ2) is 10.5. The van der Waals surface area contributed by atoms with Crippen LogP contribution in [0.5, 0.6) is 0 Å². The number of alkyl halides is 1. The topological polar surface area (TPSA) is 91.0 Å². The molecular weight excluding hydrogens is 390 g/mol. The highest BCUT2D eigenvalue weighted by molar-refractivity contribution is 5.82. The lowest BCUT2D eigenvalue weighted by molar-refractivity contribution is -0.122. The van der Waals surface area contributed by atoms with Crippen LogP contribution in [0.1, 0.15) is 24.8 Å². The van der Waals surface area contributed by atoms with Gasteiger partial charge in [-0.15, -0.1) is 0 Å². The zero-order chi connectivity index (χ0) is 21.3. The highest BCUT2D eigenvalue weighted by atomic mass is 19.1. The Labute approximate surface area is 174 Å². The number of hydrogen-bond acceptors (Lipinski definition) is 6. The first-order valence-corrected chi connectivity index (χ1v) is 9.76. The van der Waals surface area contributed by atoms with E-state index < -0.39 is 12.2 Å². The van der Waals surface area contributed by atoms with Gasteiger partial charge in [0.15, 0.2) is 0 Å². The molecule has 0 bridgehead atoms. The van der Waals surface area contributed by atoms with Crippen molar-refractivity contribution in [2.45, 2.75) is 31.5 Å². The normalized spacial score (nSPS) is 17.7. The summed E-state index contributed by atoms with van der Waals surface area (Å²) in [6.45, 7) is 0.718. The molecule has 0 unspecified atom stereocenters. The molecule has 30 heavy (non-hydrogen) atoms. The molecule has 4 N–H and O–H groups in total. The number of halogens is 2. The van der Waals surface area contributed by atoms with Gasteiger partial charge in [-0.1, -0.05) is 11.8 Å². The number of hydrogen-bond donors (Lipinski definition) is 4. The molecule has 9 heteroatoms. The Morgan fingerprint density at radius 3 is 2.83 bits per heavy atom. The highest BCUT2D eigenvalue weighted by Crippen LogP contribution is 2.17. The van der Waals surface area contributed by atoms with Crippen molar-refractivity contribution >= 4 is 23.4 Å². The van der Waals surface area contributed by atoms with E-state index in [2.05, 4.69) is 43.1 Å². The molecule has 1 aliphatic heterocycles. The number of amides is 1. The third kappa shape index (κ3) is 6.12. The van der Waals surface area contributed by atoms with Crippen LogP contribution in [0.2, 0.25) is 0 Å². The van der Waals surface area contributed by atoms with Gasteiger partial charge in [0.2, 0.25) is 11.9 Å². The van der Waals surface area contributed by atoms with Crippen molar-refractivity contribution < 1.29 is 13.6 Å². The molecule has 1 amide bonds. The Bertz CT molecular complexity index is 925. The van der Waals surface area contributed by atoms with E-state index in [0.717, 1.165) is 0 Å². The molecule has 1 aromatic heterocycles. The van der Waals surface area contributed by atoms with Crippen LogP contribution < -0.4 is 21.3 Å². The molecule has 1 aromatic carbocycles. The molecule has 1 fully saturated rings. The fourth-order valence-electron chi connectivity index (χ4n) is 2.95. The predicted molar refractivity (Wildman–Crippen MR) is 112 cm³/mol. The molecule has 3 rings (SSSR count). The second-order valence-corrected chi connectivity index (χ2v) is 6.83. The summed E-state index contributed by atoms with van der Waals surface area (Å²) in [5.74, 6) is 6.53. The maximum Gasteiger partial charge on any atom is 0.237 e. The molecular formula is C21H24F2N6O. The Morgan fingerprint density at radius 1 is 1.33 bits per heavy atom. The summed E-state index contributed by atoms with van der Waals surface area (Å²) in [6.07, 6.45) is 2.16. The number of unbranched alkanes of at least 4 members (excludes halogenated alkanes) is 1. The van der Waals surface area contributed by atoms with E-state index in [9.17, 15) is 13.6 Å². The number of aromatic nitrogens is 2. The lowest BCUT2D eigenvalue weighted by atomic mass is 10.2. The zero-order valence-corrected chi connectivity index (χ0v) is 16.6. The number of benzene rings is 1. The fourth-order valence-corrected chi connectivity index (χ4v) is 2.95. The van der Waals surface area contributed by atoms with Gasteiger partial charge in [0, 0.05) is 38.7 Å². The van der Waals surface area contributed by atoms with E-state index in [1.165, 1.54) is 12.1 Å². The van der Waals surface area contributed by atoms with Crippen molar-refractivity contribution in [3.8, 4) is 11.8 Å². The first kappa shape index (κ1) is 21.5. The van der Waals surface area contributed by atoms with Crippen LogP contribution in [0, 0.1) is 17.7 Å². The average molecular weight is 414 g/mol. The van der Waals surface area contributed by atoms with Gasteiger partial charge in [-0.05, 0) is 30.7 Å². The van der Waals surface area contributed by atoms with E-state index in [0.29, 0.717) is 42.4 Å². The van der Waals surface area contributed by atoms with Gasteiger partial charge in [0.25, 0.3) is 0 Å². The third-order valence-electron chi connectivity index (χ3n) is 4.52. The Morgan fingerprint density at radius 2 is 2.13 bits per heavy atom. The van der Waals surface area contributed by atoms with Gasteiger partial charge in [0.05, 0.1) is 17.8 Å². The van der Waals surface area contributed by atoms with E-state index >= 15 is 0 Å². The summed E-state index contributed by atoms with van der Waals surface area (Å²) >= 11 is 0. The summed E-state index contributed by atoms with van der Waals surface area (Å²) in [5, 5.41) is 11.6. The maximum absolute atomic E-state index is 13.1. The van der Waals surface area contributed by atoms with E-state index in [1.54, 1.807) is 25.4 Å². The number of nitrogens with zero attached hydrogens (tertiary/aromatic N) is 2. The molecule has 158 valence electrons. The van der Waals surface area contributed by atoms with Crippen LogP contribution in [0.15, 0.2) is 30.5 Å². The average Bonchev–Trinajstić information content (AvgIpc) is 3.19. The third-order valence-corrected chi connectivity index (χ3v) is 4.52. The second-order valence-electron chi connectivity index (χ2n) is 6.83. The minimum Gasteiger partial charge on any atom is -0.372 e. The number of nitrogens with one attached hydrogen (secondary N) is 4. The van der Waals surface area contributed by atoms with Crippen LogP contribution in [-0.4, -0.2) is 48.2 Å². The Hall–Kier alpha value is -3.25. The SMILES string of the molecule is CNc1nc(Nc2ccc(F)cc2)ncc1C#CCCCNC(=O)[C@@H]1C[C@@H](F)CN1. The number of carbonyl (C=O) groups excluding carboxylic acids is 1. The van der Waals surface area contributed by atoms with Crippen molar-refractivity contribution in [3.05, 3.63) is 41.8 Å². The molecule has 7 nitrogen and oxygen atoms in total. The fraction of sp³-hybridized carbons (Fsp3) is 0.381. The minimum atomic E-state index is -0.951. The van der Waals surface area contributed by atoms with Gasteiger partial charge >= 0.3 is 0 Å². The standard InChI is InChI=1S/C21H24F2N6O/c1-24-19-14(12-27-21(29-19)28-17-8-6-15(22)7-9-17)5-3-2-4-10-25-20(30)18-11-16(23)13-26-18/h6-9,12,16,18,26H,2,4,10-11,13H2,1H3,(H,25,30)(H2,24,27,28,29)/t16-,18+/m1/s1. The van der Waals surface area contributed by atoms with Gasteiger partial charge in [-0.3, -0.25) is 4.79 Å². The molecule has 2 heterocycles. The monoisotopic (exact) mass is 414 g/mol. The molecule has 1 aliphatic rings. The number of anilines is 3. The van der Waals surface area contributed by atoms with Crippen LogP contribution in [0.25, 0.3) is 0 Å². The number of carbonyl (C=O) groups is 1. The zero-order valence-electron chi connectivity index (χ0n) is 16.6. The van der Waals surface area contributed by atoms with Crippen molar-refractivity contribution in [2.24, 2.45) is 0 Å². The maximum atomic E-state index is 13.1. The lowest BCUT2D eigenvalue weighted by Gasteiger charge is -2.09. The lowest BCUT2D eigenvalue weighted by Crippen LogP contribution is -2.40. The van der Waals surface area contributed by atoms with Crippen molar-refractivity contribution in [1.82, 2.24) is 20.6 Å². The molecule has 2 atom stereocenters.